The number of hydrogen-bond donors (Lipinski definition) is 0. The van der Waals surface area contributed by atoms with Crippen LogP contribution in [0.3, 0.4) is 0 Å². The van der Waals surface area contributed by atoms with Gasteiger partial charge in [-0.1, -0.05) is 20.8 Å². The second-order valence-electron chi connectivity index (χ2n) is 6.15. The Morgan fingerprint density at radius 1 is 1.33 bits per heavy atom. The highest BCUT2D eigenvalue weighted by atomic mass is 19.3. The molecule has 0 aromatic heterocycles. The topological polar surface area (TPSA) is 20.3 Å². The highest BCUT2D eigenvalue weighted by Crippen LogP contribution is 2.65. The van der Waals surface area contributed by atoms with Crippen molar-refractivity contribution in [2.24, 2.45) is 10.8 Å². The van der Waals surface area contributed by atoms with E-state index < -0.39 is 11.3 Å². The summed E-state index contributed by atoms with van der Waals surface area (Å²) in [6, 6.07) is 0. The molecule has 0 bridgehead atoms. The number of carbonyl (C=O) groups excluding carboxylic acids is 1. The summed E-state index contributed by atoms with van der Waals surface area (Å²) in [5.74, 6) is -2.50. The highest BCUT2D eigenvalue weighted by Gasteiger charge is 2.76. The van der Waals surface area contributed by atoms with E-state index in [-0.39, 0.29) is 30.8 Å². The normalized spacial score (nSPS) is 26.3. The van der Waals surface area contributed by atoms with E-state index in [2.05, 4.69) is 0 Å². The van der Waals surface area contributed by atoms with E-state index in [1.54, 1.807) is 4.90 Å². The van der Waals surface area contributed by atoms with Crippen molar-refractivity contribution in [3.63, 3.8) is 0 Å². The van der Waals surface area contributed by atoms with E-state index in [4.69, 9.17) is 0 Å². The van der Waals surface area contributed by atoms with Gasteiger partial charge in [-0.25, -0.2) is 8.78 Å². The predicted molar refractivity (Wildman–Crippen MR) is 52.6 cm³/mol. The van der Waals surface area contributed by atoms with Gasteiger partial charge in [0.2, 0.25) is 5.91 Å². The molecule has 2 aliphatic rings. The predicted octanol–water partition coefficient (Wildman–Crippen LogP) is 2.29. The molecular formula is C11H17F2NO. The number of likely N-dealkylation sites (tertiary alicyclic amines) is 1. The second kappa shape index (κ2) is 2.71. The van der Waals surface area contributed by atoms with Crippen LogP contribution in [0.15, 0.2) is 0 Å². The summed E-state index contributed by atoms with van der Waals surface area (Å²) in [5.41, 5.74) is -0.896. The number of amides is 1. The molecule has 2 nitrogen and oxygen atoms in total. The monoisotopic (exact) mass is 217 g/mol. The van der Waals surface area contributed by atoms with Gasteiger partial charge in [0, 0.05) is 25.9 Å². The van der Waals surface area contributed by atoms with Crippen LogP contribution in [0.1, 0.15) is 33.6 Å². The fourth-order valence-electron chi connectivity index (χ4n) is 2.15. The number of rotatable bonds is 1. The third kappa shape index (κ3) is 1.74. The lowest BCUT2D eigenvalue weighted by molar-refractivity contribution is -0.144. The molecule has 0 radical (unpaired) electrons. The number of carbonyl (C=O) groups is 1. The van der Waals surface area contributed by atoms with Gasteiger partial charge in [-0.3, -0.25) is 4.79 Å². The van der Waals surface area contributed by atoms with Crippen LogP contribution in [0.5, 0.6) is 0 Å². The Kier molecular flexibility index (Phi) is 1.96. The van der Waals surface area contributed by atoms with Gasteiger partial charge in [0.05, 0.1) is 5.41 Å². The van der Waals surface area contributed by atoms with E-state index in [0.29, 0.717) is 6.42 Å². The van der Waals surface area contributed by atoms with E-state index >= 15 is 0 Å². The van der Waals surface area contributed by atoms with Gasteiger partial charge in [0.15, 0.2) is 0 Å². The zero-order chi connectivity index (χ0) is 11.5. The Balaban J connectivity index is 1.83. The van der Waals surface area contributed by atoms with Gasteiger partial charge in [-0.15, -0.1) is 0 Å². The number of halogens is 2. The summed E-state index contributed by atoms with van der Waals surface area (Å²) < 4.78 is 25.7. The third-order valence-corrected chi connectivity index (χ3v) is 3.23. The van der Waals surface area contributed by atoms with Crippen molar-refractivity contribution in [2.45, 2.75) is 39.5 Å². The van der Waals surface area contributed by atoms with Crippen molar-refractivity contribution in [3.8, 4) is 0 Å². The van der Waals surface area contributed by atoms with Crippen molar-refractivity contribution < 1.29 is 13.6 Å². The van der Waals surface area contributed by atoms with E-state index in [0.717, 1.165) is 0 Å². The molecule has 0 N–H and O–H groups in total. The molecule has 0 unspecified atom stereocenters. The molecule has 1 amide bonds. The van der Waals surface area contributed by atoms with Crippen LogP contribution in [0.2, 0.25) is 0 Å². The first kappa shape index (κ1) is 10.8. The fourth-order valence-corrected chi connectivity index (χ4v) is 2.15. The minimum atomic E-state index is -2.51. The van der Waals surface area contributed by atoms with Crippen LogP contribution in [0.25, 0.3) is 0 Å². The number of alkyl halides is 2. The summed E-state index contributed by atoms with van der Waals surface area (Å²) in [6.07, 6.45) is 0.411. The lowest BCUT2D eigenvalue weighted by Gasteiger charge is -2.41. The first-order chi connectivity index (χ1) is 6.65. The maximum Gasteiger partial charge on any atom is 0.258 e. The zero-order valence-electron chi connectivity index (χ0n) is 9.44. The lowest BCUT2D eigenvalue weighted by Crippen LogP contribution is -2.54. The maximum atomic E-state index is 12.9. The summed E-state index contributed by atoms with van der Waals surface area (Å²) >= 11 is 0. The SMILES string of the molecule is CC(C)(C)CC(=O)N1CC2(C1)CC2(F)F. The zero-order valence-corrected chi connectivity index (χ0v) is 9.44. The van der Waals surface area contributed by atoms with Gasteiger partial charge in [-0.2, -0.15) is 0 Å². The van der Waals surface area contributed by atoms with Crippen LogP contribution in [-0.2, 0) is 4.79 Å². The third-order valence-electron chi connectivity index (χ3n) is 3.23. The molecule has 1 saturated heterocycles. The van der Waals surface area contributed by atoms with Gasteiger partial charge >= 0.3 is 0 Å². The van der Waals surface area contributed by atoms with Gasteiger partial charge < -0.3 is 4.90 Å². The first-order valence-corrected chi connectivity index (χ1v) is 5.31. The van der Waals surface area contributed by atoms with Crippen molar-refractivity contribution >= 4 is 5.91 Å². The molecule has 1 saturated carbocycles. The summed E-state index contributed by atoms with van der Waals surface area (Å²) in [7, 11) is 0. The molecular weight excluding hydrogens is 200 g/mol. The Morgan fingerprint density at radius 3 is 2.13 bits per heavy atom. The molecule has 1 aliphatic heterocycles. The Hall–Kier alpha value is -0.670. The number of nitrogens with zero attached hydrogens (tertiary/aromatic N) is 1. The largest absolute Gasteiger partial charge is 0.341 e. The summed E-state index contributed by atoms with van der Waals surface area (Å²) in [6.45, 7) is 6.45. The average Bonchev–Trinajstić information content (AvgIpc) is 2.46. The molecule has 15 heavy (non-hydrogen) atoms. The summed E-state index contributed by atoms with van der Waals surface area (Å²) in [5, 5.41) is 0. The molecule has 1 heterocycles. The van der Waals surface area contributed by atoms with Crippen molar-refractivity contribution in [3.05, 3.63) is 0 Å². The molecule has 86 valence electrons. The maximum absolute atomic E-state index is 12.9. The Bertz CT molecular complexity index is 300. The molecule has 2 fully saturated rings. The van der Waals surface area contributed by atoms with Gasteiger partial charge in [0.25, 0.3) is 5.92 Å². The van der Waals surface area contributed by atoms with Crippen LogP contribution >= 0.6 is 0 Å². The molecule has 4 heteroatoms. The second-order valence-corrected chi connectivity index (χ2v) is 6.15. The molecule has 0 aromatic carbocycles. The van der Waals surface area contributed by atoms with Crippen molar-refractivity contribution in [2.75, 3.05) is 13.1 Å². The molecule has 0 atom stereocenters. The number of hydrogen-bond acceptors (Lipinski definition) is 1. The molecule has 1 aliphatic carbocycles. The first-order valence-electron chi connectivity index (χ1n) is 5.31. The molecule has 0 aromatic rings. The summed E-state index contributed by atoms with van der Waals surface area (Å²) in [4.78, 5) is 13.2. The highest BCUT2D eigenvalue weighted by molar-refractivity contribution is 5.78. The van der Waals surface area contributed by atoms with Crippen LogP contribution in [0, 0.1) is 10.8 Å². The van der Waals surface area contributed by atoms with Crippen molar-refractivity contribution in [1.82, 2.24) is 4.90 Å². The quantitative estimate of drug-likeness (QED) is 0.660. The Labute approximate surface area is 88.6 Å². The van der Waals surface area contributed by atoms with Crippen LogP contribution in [0.4, 0.5) is 8.78 Å². The molecule has 2 rings (SSSR count). The van der Waals surface area contributed by atoms with E-state index in [1.165, 1.54) is 0 Å². The molecule has 1 spiro atoms. The minimum absolute atomic E-state index is 0.0100. The van der Waals surface area contributed by atoms with Gasteiger partial charge in [0.1, 0.15) is 0 Å². The average molecular weight is 217 g/mol. The van der Waals surface area contributed by atoms with Gasteiger partial charge in [-0.05, 0) is 5.41 Å². The lowest BCUT2D eigenvalue weighted by atomic mass is 9.89. The Morgan fingerprint density at radius 2 is 1.80 bits per heavy atom. The van der Waals surface area contributed by atoms with Crippen LogP contribution in [-0.4, -0.2) is 29.8 Å². The minimum Gasteiger partial charge on any atom is -0.341 e. The van der Waals surface area contributed by atoms with Crippen LogP contribution < -0.4 is 0 Å². The smallest absolute Gasteiger partial charge is 0.258 e. The van der Waals surface area contributed by atoms with E-state index in [1.807, 2.05) is 20.8 Å². The fraction of sp³-hybridized carbons (Fsp3) is 0.909. The standard InChI is InChI=1S/C11H17F2NO/c1-9(2,3)4-8(15)14-6-10(7-14)5-11(10,12)13/h4-7H2,1-3H3. The van der Waals surface area contributed by atoms with Crippen molar-refractivity contribution in [1.29, 1.82) is 0 Å². The van der Waals surface area contributed by atoms with E-state index in [9.17, 15) is 13.6 Å².